The molecule has 0 radical (unpaired) electrons. The molecule has 0 bridgehead atoms. The molecule has 20 heavy (non-hydrogen) atoms. The minimum Gasteiger partial charge on any atom is -0.342 e. The lowest BCUT2D eigenvalue weighted by atomic mass is 10.2. The van der Waals surface area contributed by atoms with Gasteiger partial charge in [-0.3, -0.25) is 19.8 Å². The number of likely N-dealkylation sites (N-methyl/N-ethyl adjacent to an activating group) is 1. The third-order valence-corrected chi connectivity index (χ3v) is 3.46. The first-order valence-corrected chi connectivity index (χ1v) is 7.02. The summed E-state index contributed by atoms with van der Waals surface area (Å²) in [4.78, 5) is 38.5. The van der Waals surface area contributed by atoms with Crippen molar-refractivity contribution in [2.75, 3.05) is 33.2 Å². The second-order valence-corrected chi connectivity index (χ2v) is 5.03. The number of imide groups is 1. The number of nitrogens with zero attached hydrogens (tertiary/aromatic N) is 2. The maximum absolute atomic E-state index is 12.0. The number of likely N-dealkylation sites (tertiary alicyclic amines) is 1. The first-order valence-electron chi connectivity index (χ1n) is 7.02. The highest BCUT2D eigenvalue weighted by Gasteiger charge is 2.24. The highest BCUT2D eigenvalue weighted by molar-refractivity contribution is 5.97. The van der Waals surface area contributed by atoms with E-state index in [9.17, 15) is 14.4 Å². The summed E-state index contributed by atoms with van der Waals surface area (Å²) in [5, 5.41) is 4.74. The van der Waals surface area contributed by atoms with E-state index in [0.29, 0.717) is 6.54 Å². The molecule has 0 spiro atoms. The van der Waals surface area contributed by atoms with Crippen LogP contribution in [-0.2, 0) is 9.59 Å². The van der Waals surface area contributed by atoms with Gasteiger partial charge in [-0.15, -0.1) is 0 Å². The fourth-order valence-corrected chi connectivity index (χ4v) is 2.04. The zero-order valence-corrected chi connectivity index (χ0v) is 12.4. The molecular formula is C13H24N4O3. The predicted octanol–water partition coefficient (Wildman–Crippen LogP) is -0.225. The number of carbonyl (C=O) groups excluding carboxylic acids is 3. The molecule has 1 aliphatic rings. The average Bonchev–Trinajstić information content (AvgIpc) is 2.91. The van der Waals surface area contributed by atoms with E-state index in [-0.39, 0.29) is 12.5 Å². The van der Waals surface area contributed by atoms with Crippen molar-refractivity contribution in [2.24, 2.45) is 0 Å². The molecule has 1 fully saturated rings. The molecule has 1 rings (SSSR count). The average molecular weight is 284 g/mol. The van der Waals surface area contributed by atoms with Crippen LogP contribution >= 0.6 is 0 Å². The highest BCUT2D eigenvalue weighted by atomic mass is 16.2. The molecule has 0 unspecified atom stereocenters. The number of carbonyl (C=O) groups is 3. The van der Waals surface area contributed by atoms with Gasteiger partial charge in [0.15, 0.2) is 0 Å². The molecule has 7 heteroatoms. The van der Waals surface area contributed by atoms with E-state index in [4.69, 9.17) is 0 Å². The summed E-state index contributed by atoms with van der Waals surface area (Å²) in [7, 11) is 1.70. The van der Waals surface area contributed by atoms with Crippen molar-refractivity contribution in [3.63, 3.8) is 0 Å². The Labute approximate surface area is 119 Å². The smallest absolute Gasteiger partial charge is 0.321 e. The van der Waals surface area contributed by atoms with Crippen LogP contribution in [0.1, 0.15) is 26.7 Å². The summed E-state index contributed by atoms with van der Waals surface area (Å²) in [5.74, 6) is -0.379. The molecule has 114 valence electrons. The van der Waals surface area contributed by atoms with Crippen LogP contribution in [0.2, 0.25) is 0 Å². The molecule has 0 aromatic carbocycles. The van der Waals surface area contributed by atoms with E-state index in [2.05, 4.69) is 10.6 Å². The number of hydrogen-bond donors (Lipinski definition) is 2. The van der Waals surface area contributed by atoms with E-state index in [1.54, 1.807) is 25.8 Å². The second-order valence-electron chi connectivity index (χ2n) is 5.03. The molecule has 2 N–H and O–H groups in total. The third-order valence-electron chi connectivity index (χ3n) is 3.46. The molecule has 1 aliphatic heterocycles. The predicted molar refractivity (Wildman–Crippen MR) is 75.1 cm³/mol. The summed E-state index contributed by atoms with van der Waals surface area (Å²) in [5.41, 5.74) is 0. The summed E-state index contributed by atoms with van der Waals surface area (Å²) in [6, 6.07) is -1.05. The van der Waals surface area contributed by atoms with Crippen LogP contribution in [0.5, 0.6) is 0 Å². The Morgan fingerprint density at radius 3 is 2.40 bits per heavy atom. The zero-order chi connectivity index (χ0) is 15.1. The van der Waals surface area contributed by atoms with Gasteiger partial charge in [0.1, 0.15) is 0 Å². The summed E-state index contributed by atoms with van der Waals surface area (Å²) in [6.07, 6.45) is 2.09. The summed E-state index contributed by atoms with van der Waals surface area (Å²) in [6.45, 7) is 5.68. The molecular weight excluding hydrogens is 260 g/mol. The molecule has 0 aromatic heterocycles. The second kappa shape index (κ2) is 7.84. The lowest BCUT2D eigenvalue weighted by Gasteiger charge is -2.25. The van der Waals surface area contributed by atoms with Gasteiger partial charge in [0.2, 0.25) is 11.8 Å². The van der Waals surface area contributed by atoms with Gasteiger partial charge in [-0.1, -0.05) is 0 Å². The van der Waals surface area contributed by atoms with E-state index >= 15 is 0 Å². The molecule has 4 amide bonds. The topological polar surface area (TPSA) is 81.8 Å². The first-order chi connectivity index (χ1) is 9.45. The van der Waals surface area contributed by atoms with Crippen LogP contribution in [0.25, 0.3) is 0 Å². The van der Waals surface area contributed by atoms with Crippen LogP contribution in [-0.4, -0.2) is 66.9 Å². The fourth-order valence-electron chi connectivity index (χ4n) is 2.04. The normalized spacial score (nSPS) is 16.1. The fraction of sp³-hybridized carbons (Fsp3) is 0.769. The number of amides is 4. The molecule has 7 nitrogen and oxygen atoms in total. The van der Waals surface area contributed by atoms with Crippen LogP contribution < -0.4 is 10.6 Å². The molecule has 1 heterocycles. The zero-order valence-electron chi connectivity index (χ0n) is 12.4. The lowest BCUT2D eigenvalue weighted by molar-refractivity contribution is -0.132. The standard InChI is InChI=1S/C13H24N4O3/c1-4-14-13(20)15-12(19)10(2)16(3)9-11(18)17-7-5-6-8-17/h10H,4-9H2,1-3H3,(H2,14,15,19,20)/t10-/m1/s1. The quantitative estimate of drug-likeness (QED) is 0.731. The Morgan fingerprint density at radius 1 is 1.25 bits per heavy atom. The van der Waals surface area contributed by atoms with Gasteiger partial charge < -0.3 is 10.2 Å². The molecule has 1 atom stereocenters. The van der Waals surface area contributed by atoms with Crippen molar-refractivity contribution < 1.29 is 14.4 Å². The van der Waals surface area contributed by atoms with Crippen molar-refractivity contribution in [2.45, 2.75) is 32.7 Å². The van der Waals surface area contributed by atoms with Gasteiger partial charge in [0.25, 0.3) is 0 Å². The Morgan fingerprint density at radius 2 is 1.85 bits per heavy atom. The minimum atomic E-state index is -0.538. The van der Waals surface area contributed by atoms with Crippen molar-refractivity contribution in [1.82, 2.24) is 20.4 Å². The Kier molecular flexibility index (Phi) is 6.44. The van der Waals surface area contributed by atoms with Crippen LogP contribution in [0.3, 0.4) is 0 Å². The van der Waals surface area contributed by atoms with Gasteiger partial charge in [-0.2, -0.15) is 0 Å². The Balaban J connectivity index is 2.40. The third kappa shape index (κ3) is 4.80. The van der Waals surface area contributed by atoms with Gasteiger partial charge in [-0.05, 0) is 33.7 Å². The minimum absolute atomic E-state index is 0.0302. The molecule has 0 saturated carbocycles. The largest absolute Gasteiger partial charge is 0.342 e. The molecule has 0 aliphatic carbocycles. The van der Waals surface area contributed by atoms with Crippen LogP contribution in [0.15, 0.2) is 0 Å². The van der Waals surface area contributed by atoms with Crippen LogP contribution in [0, 0.1) is 0 Å². The van der Waals surface area contributed by atoms with Crippen molar-refractivity contribution in [1.29, 1.82) is 0 Å². The van der Waals surface area contributed by atoms with E-state index < -0.39 is 18.0 Å². The first kappa shape index (κ1) is 16.4. The number of urea groups is 1. The number of hydrogen-bond acceptors (Lipinski definition) is 4. The highest BCUT2D eigenvalue weighted by Crippen LogP contribution is 2.08. The van der Waals surface area contributed by atoms with Crippen LogP contribution in [0.4, 0.5) is 4.79 Å². The maximum Gasteiger partial charge on any atom is 0.321 e. The maximum atomic E-state index is 12.0. The monoisotopic (exact) mass is 284 g/mol. The lowest BCUT2D eigenvalue weighted by Crippen LogP contribution is -2.50. The van der Waals surface area contributed by atoms with E-state index in [1.165, 1.54) is 0 Å². The van der Waals surface area contributed by atoms with E-state index in [0.717, 1.165) is 25.9 Å². The number of nitrogens with one attached hydrogen (secondary N) is 2. The number of rotatable bonds is 5. The van der Waals surface area contributed by atoms with Gasteiger partial charge in [0.05, 0.1) is 12.6 Å². The van der Waals surface area contributed by atoms with Gasteiger partial charge in [-0.25, -0.2) is 4.79 Å². The van der Waals surface area contributed by atoms with Crippen molar-refractivity contribution in [3.8, 4) is 0 Å². The van der Waals surface area contributed by atoms with Crippen molar-refractivity contribution >= 4 is 17.8 Å². The molecule has 1 saturated heterocycles. The Hall–Kier alpha value is -1.63. The van der Waals surface area contributed by atoms with E-state index in [1.807, 2.05) is 4.90 Å². The summed E-state index contributed by atoms with van der Waals surface area (Å²) >= 11 is 0. The molecule has 0 aromatic rings. The Bertz CT molecular complexity index is 367. The van der Waals surface area contributed by atoms with Gasteiger partial charge >= 0.3 is 6.03 Å². The summed E-state index contributed by atoms with van der Waals surface area (Å²) < 4.78 is 0. The van der Waals surface area contributed by atoms with Crippen molar-refractivity contribution in [3.05, 3.63) is 0 Å². The SMILES string of the molecule is CCNC(=O)NC(=O)[C@@H](C)N(C)CC(=O)N1CCCC1. The van der Waals surface area contributed by atoms with Gasteiger partial charge in [0, 0.05) is 19.6 Å².